The van der Waals surface area contributed by atoms with Crippen LogP contribution in [0.25, 0.3) is 0 Å². The fourth-order valence-electron chi connectivity index (χ4n) is 2.70. The lowest BCUT2D eigenvalue weighted by atomic mass is 10.0. The lowest BCUT2D eigenvalue weighted by molar-refractivity contribution is 0.170. The number of nitrogens with one attached hydrogen (secondary N) is 1. The fourth-order valence-corrected chi connectivity index (χ4v) is 4.01. The molecule has 1 atom stereocenters. The van der Waals surface area contributed by atoms with Crippen LogP contribution in [0.15, 0.2) is 52.3 Å². The summed E-state index contributed by atoms with van der Waals surface area (Å²) >= 11 is 0. The van der Waals surface area contributed by atoms with Crippen LogP contribution in [0.1, 0.15) is 12.0 Å². The van der Waals surface area contributed by atoms with Gasteiger partial charge >= 0.3 is 6.03 Å². The van der Waals surface area contributed by atoms with Crippen LogP contribution in [-0.4, -0.2) is 27.1 Å². The number of fused-ring (bicyclic) bond motifs is 1. The number of hydrogen-bond donors (Lipinski definition) is 2. The molecule has 0 spiro atoms. The van der Waals surface area contributed by atoms with Gasteiger partial charge < -0.3 is 15.8 Å². The predicted octanol–water partition coefficient (Wildman–Crippen LogP) is 2.02. The predicted molar refractivity (Wildman–Crippen MR) is 88.6 cm³/mol. The third kappa shape index (κ3) is 3.74. The number of rotatable bonds is 4. The van der Waals surface area contributed by atoms with Gasteiger partial charge in [0.15, 0.2) is 0 Å². The molecule has 2 aromatic carbocycles. The molecule has 0 fully saturated rings. The van der Waals surface area contributed by atoms with Crippen LogP contribution in [0, 0.1) is 5.82 Å². The molecule has 0 saturated carbocycles. The van der Waals surface area contributed by atoms with Crippen LogP contribution >= 0.6 is 0 Å². The highest BCUT2D eigenvalue weighted by Crippen LogP contribution is 2.32. The topological polar surface area (TPSA) is 98.5 Å². The molecule has 1 aliphatic rings. The van der Waals surface area contributed by atoms with E-state index in [2.05, 4.69) is 5.32 Å². The van der Waals surface area contributed by atoms with Gasteiger partial charge in [-0.2, -0.15) is 0 Å². The van der Waals surface area contributed by atoms with Gasteiger partial charge in [0.1, 0.15) is 17.7 Å². The van der Waals surface area contributed by atoms with Crippen molar-refractivity contribution in [1.82, 2.24) is 5.32 Å². The Balaban J connectivity index is 1.88. The maximum Gasteiger partial charge on any atom is 0.312 e. The normalized spacial score (nSPS) is 16.6. The minimum atomic E-state index is -3.85. The molecule has 3 N–H and O–H groups in total. The number of ether oxygens (including phenoxy) is 1. The second-order valence-corrected chi connectivity index (χ2v) is 7.70. The van der Waals surface area contributed by atoms with E-state index in [0.29, 0.717) is 18.6 Å². The Hall–Kier alpha value is -2.61. The van der Waals surface area contributed by atoms with Crippen molar-refractivity contribution in [2.75, 3.05) is 6.54 Å². The SMILES string of the molecule is NC(=O)NC[C@H]1CCc2ccc(S(=O)(=O)c3cccc(F)c3)cc2O1. The van der Waals surface area contributed by atoms with Gasteiger partial charge in [-0.15, -0.1) is 0 Å². The minimum absolute atomic E-state index is 0.0281. The summed E-state index contributed by atoms with van der Waals surface area (Å²) < 4.78 is 44.5. The van der Waals surface area contributed by atoms with Gasteiger partial charge in [-0.25, -0.2) is 17.6 Å². The summed E-state index contributed by atoms with van der Waals surface area (Å²) in [6, 6.07) is 8.84. The van der Waals surface area contributed by atoms with Gasteiger partial charge in [-0.05, 0) is 48.7 Å². The van der Waals surface area contributed by atoms with Gasteiger partial charge in [-0.1, -0.05) is 12.1 Å². The number of carbonyl (C=O) groups excluding carboxylic acids is 1. The molecular weight excluding hydrogens is 347 g/mol. The molecule has 1 heterocycles. The van der Waals surface area contributed by atoms with Crippen molar-refractivity contribution >= 4 is 15.9 Å². The number of benzene rings is 2. The molecule has 1 aliphatic heterocycles. The van der Waals surface area contributed by atoms with E-state index in [1.54, 1.807) is 6.07 Å². The third-order valence-electron chi connectivity index (χ3n) is 3.99. The number of hydrogen-bond acceptors (Lipinski definition) is 4. The fraction of sp³-hybridized carbons (Fsp3) is 0.235. The summed E-state index contributed by atoms with van der Waals surface area (Å²) in [6.45, 7) is 0.246. The number of sulfone groups is 1. The molecule has 6 nitrogen and oxygen atoms in total. The lowest BCUT2D eigenvalue weighted by Gasteiger charge is -2.26. The number of amides is 2. The van der Waals surface area contributed by atoms with E-state index in [1.807, 2.05) is 0 Å². The molecule has 3 rings (SSSR count). The third-order valence-corrected chi connectivity index (χ3v) is 5.74. The van der Waals surface area contributed by atoms with Gasteiger partial charge in [0.05, 0.1) is 16.3 Å². The van der Waals surface area contributed by atoms with E-state index in [1.165, 1.54) is 30.3 Å². The Kier molecular flexibility index (Phi) is 4.63. The molecule has 0 radical (unpaired) electrons. The van der Waals surface area contributed by atoms with Crippen LogP contribution in [-0.2, 0) is 16.3 Å². The molecule has 2 amide bonds. The first-order chi connectivity index (χ1) is 11.9. The van der Waals surface area contributed by atoms with E-state index in [9.17, 15) is 17.6 Å². The van der Waals surface area contributed by atoms with Crippen molar-refractivity contribution in [3.8, 4) is 5.75 Å². The standard InChI is InChI=1S/C17H17FN2O4S/c18-12-2-1-3-14(8-12)25(22,23)15-7-5-11-4-6-13(10-20-17(19)21)24-16(11)9-15/h1-3,5,7-9,13H,4,6,10H2,(H3,19,20,21)/t13-/m1/s1. The average molecular weight is 364 g/mol. The molecular formula is C17H17FN2O4S. The number of nitrogens with two attached hydrogens (primary N) is 1. The van der Waals surface area contributed by atoms with Crippen LogP contribution < -0.4 is 15.8 Å². The Morgan fingerprint density at radius 3 is 2.72 bits per heavy atom. The molecule has 25 heavy (non-hydrogen) atoms. The largest absolute Gasteiger partial charge is 0.488 e. The van der Waals surface area contributed by atoms with Gasteiger partial charge in [0.2, 0.25) is 9.84 Å². The molecule has 2 aromatic rings. The number of aryl methyl sites for hydroxylation is 1. The Labute approximate surface area is 144 Å². The first kappa shape index (κ1) is 17.2. The van der Waals surface area contributed by atoms with E-state index < -0.39 is 21.7 Å². The summed E-state index contributed by atoms with van der Waals surface area (Å²) in [4.78, 5) is 10.7. The molecule has 0 bridgehead atoms. The summed E-state index contributed by atoms with van der Waals surface area (Å²) in [5.74, 6) is -0.173. The number of primary amides is 1. The van der Waals surface area contributed by atoms with E-state index in [-0.39, 0.29) is 22.4 Å². The van der Waals surface area contributed by atoms with Gasteiger partial charge in [-0.3, -0.25) is 0 Å². The Bertz CT molecular complexity index is 915. The number of halogens is 1. The van der Waals surface area contributed by atoms with E-state index in [0.717, 1.165) is 11.6 Å². The summed E-state index contributed by atoms with van der Waals surface area (Å²) in [6.07, 6.45) is 1.09. The molecule has 0 aliphatic carbocycles. The first-order valence-corrected chi connectivity index (χ1v) is 9.18. The van der Waals surface area contributed by atoms with Gasteiger partial charge in [0, 0.05) is 0 Å². The highest BCUT2D eigenvalue weighted by atomic mass is 32.2. The van der Waals surface area contributed by atoms with Crippen molar-refractivity contribution in [3.05, 3.63) is 53.8 Å². The highest BCUT2D eigenvalue weighted by Gasteiger charge is 2.24. The average Bonchev–Trinajstić information content (AvgIpc) is 2.59. The maximum absolute atomic E-state index is 13.4. The zero-order valence-corrected chi connectivity index (χ0v) is 14.1. The van der Waals surface area contributed by atoms with Crippen molar-refractivity contribution in [3.63, 3.8) is 0 Å². The molecule has 0 unspecified atom stereocenters. The summed E-state index contributed by atoms with van der Waals surface area (Å²) in [5.41, 5.74) is 5.93. The number of carbonyl (C=O) groups is 1. The molecule has 0 aromatic heterocycles. The summed E-state index contributed by atoms with van der Waals surface area (Å²) in [5, 5.41) is 2.48. The molecule has 0 saturated heterocycles. The van der Waals surface area contributed by atoms with Crippen molar-refractivity contribution in [2.45, 2.75) is 28.7 Å². The van der Waals surface area contributed by atoms with E-state index >= 15 is 0 Å². The second kappa shape index (κ2) is 6.72. The van der Waals surface area contributed by atoms with Crippen molar-refractivity contribution < 1.29 is 22.3 Å². The molecule has 8 heteroatoms. The maximum atomic E-state index is 13.4. The van der Waals surface area contributed by atoms with Crippen LogP contribution in [0.3, 0.4) is 0 Å². The summed E-state index contributed by atoms with van der Waals surface area (Å²) in [7, 11) is -3.85. The Morgan fingerprint density at radius 1 is 1.24 bits per heavy atom. The van der Waals surface area contributed by atoms with Crippen molar-refractivity contribution in [2.24, 2.45) is 5.73 Å². The Morgan fingerprint density at radius 2 is 2.00 bits per heavy atom. The number of urea groups is 1. The minimum Gasteiger partial charge on any atom is -0.488 e. The second-order valence-electron chi connectivity index (χ2n) is 5.75. The highest BCUT2D eigenvalue weighted by molar-refractivity contribution is 7.91. The van der Waals surface area contributed by atoms with E-state index in [4.69, 9.17) is 10.5 Å². The smallest absolute Gasteiger partial charge is 0.312 e. The van der Waals surface area contributed by atoms with Crippen LogP contribution in [0.5, 0.6) is 5.75 Å². The van der Waals surface area contributed by atoms with Crippen LogP contribution in [0.2, 0.25) is 0 Å². The molecule has 132 valence electrons. The van der Waals surface area contributed by atoms with Crippen molar-refractivity contribution in [1.29, 1.82) is 0 Å². The quantitative estimate of drug-likeness (QED) is 0.867. The van der Waals surface area contributed by atoms with Gasteiger partial charge in [0.25, 0.3) is 0 Å². The van der Waals surface area contributed by atoms with Crippen LogP contribution in [0.4, 0.5) is 9.18 Å². The lowest BCUT2D eigenvalue weighted by Crippen LogP contribution is -2.39. The monoisotopic (exact) mass is 364 g/mol. The zero-order chi connectivity index (χ0) is 18.0. The first-order valence-electron chi connectivity index (χ1n) is 7.70. The zero-order valence-electron chi connectivity index (χ0n) is 13.2.